The van der Waals surface area contributed by atoms with Gasteiger partial charge in [-0.2, -0.15) is 0 Å². The number of imidazole rings is 1. The smallest absolute Gasteiger partial charge is 0.106 e. The molecule has 0 bridgehead atoms. The van der Waals surface area contributed by atoms with E-state index in [1.54, 1.807) is 6.20 Å². The molecule has 1 aromatic carbocycles. The maximum absolute atomic E-state index is 6.36. The van der Waals surface area contributed by atoms with E-state index < -0.39 is 0 Å². The number of nitrogens with one attached hydrogen (secondary N) is 3. The fourth-order valence-electron chi connectivity index (χ4n) is 2.31. The maximum atomic E-state index is 6.36. The van der Waals surface area contributed by atoms with Crippen LogP contribution in [-0.2, 0) is 13.0 Å². The van der Waals surface area contributed by atoms with Crippen LogP contribution in [0.15, 0.2) is 36.7 Å². The Kier molecular flexibility index (Phi) is 4.04. The molecule has 0 saturated carbocycles. The Balaban J connectivity index is 1.51. The molecule has 2 aromatic heterocycles. The van der Waals surface area contributed by atoms with Crippen molar-refractivity contribution < 1.29 is 0 Å². The maximum Gasteiger partial charge on any atom is 0.106 e. The normalized spacial score (nSPS) is 11.2. The molecule has 0 atom stereocenters. The average Bonchev–Trinajstić information content (AvgIpc) is 3.08. The van der Waals surface area contributed by atoms with E-state index in [2.05, 4.69) is 20.3 Å². The lowest BCUT2D eigenvalue weighted by Crippen LogP contribution is -2.16. The van der Waals surface area contributed by atoms with Crippen molar-refractivity contribution in [3.05, 3.63) is 53.2 Å². The molecule has 2 heterocycles. The van der Waals surface area contributed by atoms with Crippen LogP contribution in [0.4, 0.5) is 0 Å². The van der Waals surface area contributed by atoms with Gasteiger partial charge in [-0.25, -0.2) is 4.98 Å². The highest BCUT2D eigenvalue weighted by molar-refractivity contribution is 6.36. The number of aromatic amines is 2. The monoisotopic (exact) mass is 288 g/mol. The zero-order valence-electron chi connectivity index (χ0n) is 11.1. The summed E-state index contributed by atoms with van der Waals surface area (Å²) in [5.41, 5.74) is 2.13. The van der Waals surface area contributed by atoms with Gasteiger partial charge in [-0.05, 0) is 19.0 Å². The van der Waals surface area contributed by atoms with Gasteiger partial charge in [0.15, 0.2) is 0 Å². The van der Waals surface area contributed by atoms with Crippen molar-refractivity contribution in [2.75, 3.05) is 6.54 Å². The molecule has 3 aromatic rings. The number of hydrogen-bond acceptors (Lipinski definition) is 2. The number of benzene rings is 1. The summed E-state index contributed by atoms with van der Waals surface area (Å²) in [4.78, 5) is 10.7. The van der Waals surface area contributed by atoms with Gasteiger partial charge >= 0.3 is 0 Å². The highest BCUT2D eigenvalue weighted by atomic mass is 35.5. The first-order valence-corrected chi connectivity index (χ1v) is 7.16. The lowest BCUT2D eigenvalue weighted by Gasteiger charge is -2.03. The van der Waals surface area contributed by atoms with Crippen LogP contribution in [0.1, 0.15) is 17.9 Å². The van der Waals surface area contributed by atoms with Crippen molar-refractivity contribution in [1.82, 2.24) is 20.3 Å². The Morgan fingerprint density at radius 2 is 2.15 bits per heavy atom. The van der Waals surface area contributed by atoms with E-state index in [9.17, 15) is 0 Å². The third-order valence-corrected chi connectivity index (χ3v) is 3.77. The summed E-state index contributed by atoms with van der Waals surface area (Å²) in [6.07, 6.45) is 5.64. The standard InChI is InChI=1S/C15H17ClN4/c16-15-11-4-1-2-5-12(11)20-13(15)10-17-7-3-6-14-18-8-9-19-14/h1-2,4-5,8-9,17,20H,3,6-7,10H2,(H,18,19). The van der Waals surface area contributed by atoms with E-state index in [-0.39, 0.29) is 0 Å². The van der Waals surface area contributed by atoms with Crippen LogP contribution < -0.4 is 5.32 Å². The van der Waals surface area contributed by atoms with Crippen molar-refractivity contribution in [1.29, 1.82) is 0 Å². The number of H-pyrrole nitrogens is 2. The summed E-state index contributed by atoms with van der Waals surface area (Å²) < 4.78 is 0. The third-order valence-electron chi connectivity index (χ3n) is 3.34. The second-order valence-corrected chi connectivity index (χ2v) is 5.16. The summed E-state index contributed by atoms with van der Waals surface area (Å²) in [5.74, 6) is 1.04. The number of para-hydroxylation sites is 1. The van der Waals surface area contributed by atoms with Gasteiger partial charge in [0.2, 0.25) is 0 Å². The van der Waals surface area contributed by atoms with Crippen LogP contribution in [0.5, 0.6) is 0 Å². The average molecular weight is 289 g/mol. The Morgan fingerprint density at radius 1 is 1.25 bits per heavy atom. The van der Waals surface area contributed by atoms with Crippen LogP contribution in [-0.4, -0.2) is 21.5 Å². The largest absolute Gasteiger partial charge is 0.356 e. The molecule has 3 N–H and O–H groups in total. The minimum Gasteiger partial charge on any atom is -0.356 e. The molecule has 0 aliphatic carbocycles. The van der Waals surface area contributed by atoms with Crippen molar-refractivity contribution in [3.63, 3.8) is 0 Å². The molecule has 0 radical (unpaired) electrons. The zero-order chi connectivity index (χ0) is 13.8. The SMILES string of the molecule is Clc1c(CNCCCc2ncc[nH]2)[nH]c2ccccc12. The molecular weight excluding hydrogens is 272 g/mol. The van der Waals surface area contributed by atoms with E-state index >= 15 is 0 Å². The zero-order valence-corrected chi connectivity index (χ0v) is 11.9. The van der Waals surface area contributed by atoms with Gasteiger partial charge in [0.05, 0.1) is 5.02 Å². The second kappa shape index (κ2) is 6.11. The highest BCUT2D eigenvalue weighted by Crippen LogP contribution is 2.26. The lowest BCUT2D eigenvalue weighted by molar-refractivity contribution is 0.635. The first-order valence-electron chi connectivity index (χ1n) is 6.78. The number of nitrogens with zero attached hydrogens (tertiary/aromatic N) is 1. The summed E-state index contributed by atoms with van der Waals surface area (Å²) in [6, 6.07) is 8.09. The predicted octanol–water partition coefficient (Wildman–Crippen LogP) is 3.27. The van der Waals surface area contributed by atoms with Crippen molar-refractivity contribution >= 4 is 22.5 Å². The van der Waals surface area contributed by atoms with Gasteiger partial charge < -0.3 is 15.3 Å². The fraction of sp³-hybridized carbons (Fsp3) is 0.267. The van der Waals surface area contributed by atoms with E-state index in [1.807, 2.05) is 30.5 Å². The van der Waals surface area contributed by atoms with Gasteiger partial charge in [0.1, 0.15) is 5.82 Å². The minimum absolute atomic E-state index is 0.756. The number of aromatic nitrogens is 3. The molecule has 0 unspecified atom stereocenters. The second-order valence-electron chi connectivity index (χ2n) is 4.78. The molecule has 0 aliphatic heterocycles. The summed E-state index contributed by atoms with van der Waals surface area (Å²) in [6.45, 7) is 1.69. The summed E-state index contributed by atoms with van der Waals surface area (Å²) in [7, 11) is 0. The lowest BCUT2D eigenvalue weighted by atomic mass is 10.2. The molecule has 0 spiro atoms. The number of fused-ring (bicyclic) bond motifs is 1. The minimum atomic E-state index is 0.756. The van der Waals surface area contributed by atoms with Crippen molar-refractivity contribution in [2.45, 2.75) is 19.4 Å². The van der Waals surface area contributed by atoms with Gasteiger partial charge in [-0.1, -0.05) is 29.8 Å². The van der Waals surface area contributed by atoms with E-state index in [0.717, 1.165) is 53.4 Å². The topological polar surface area (TPSA) is 56.5 Å². The molecular formula is C15H17ClN4. The van der Waals surface area contributed by atoms with Crippen molar-refractivity contribution in [3.8, 4) is 0 Å². The van der Waals surface area contributed by atoms with Crippen LogP contribution in [0.3, 0.4) is 0 Å². The van der Waals surface area contributed by atoms with Gasteiger partial charge in [0, 0.05) is 42.0 Å². The molecule has 4 nitrogen and oxygen atoms in total. The predicted molar refractivity (Wildman–Crippen MR) is 81.9 cm³/mol. The van der Waals surface area contributed by atoms with Crippen LogP contribution in [0.2, 0.25) is 5.02 Å². The molecule has 20 heavy (non-hydrogen) atoms. The molecule has 5 heteroatoms. The Hall–Kier alpha value is -1.78. The van der Waals surface area contributed by atoms with Gasteiger partial charge in [-0.15, -0.1) is 0 Å². The summed E-state index contributed by atoms with van der Waals surface area (Å²) in [5, 5.41) is 5.31. The molecule has 3 rings (SSSR count). The first kappa shape index (κ1) is 13.2. The van der Waals surface area contributed by atoms with Crippen molar-refractivity contribution in [2.24, 2.45) is 0 Å². The van der Waals surface area contributed by atoms with Gasteiger partial charge in [-0.3, -0.25) is 0 Å². The number of hydrogen-bond donors (Lipinski definition) is 3. The highest BCUT2D eigenvalue weighted by Gasteiger charge is 2.07. The Labute approximate surface area is 122 Å². The molecule has 0 aliphatic rings. The van der Waals surface area contributed by atoms with E-state index in [1.165, 1.54) is 0 Å². The quantitative estimate of drug-likeness (QED) is 0.610. The van der Waals surface area contributed by atoms with E-state index in [4.69, 9.17) is 11.6 Å². The third kappa shape index (κ3) is 2.86. The number of halogens is 1. The number of aryl methyl sites for hydroxylation is 1. The van der Waals surface area contributed by atoms with Crippen LogP contribution >= 0.6 is 11.6 Å². The molecule has 104 valence electrons. The van der Waals surface area contributed by atoms with E-state index in [0.29, 0.717) is 0 Å². The van der Waals surface area contributed by atoms with Gasteiger partial charge in [0.25, 0.3) is 0 Å². The Bertz CT molecular complexity index is 672. The molecule has 0 fully saturated rings. The molecule has 0 saturated heterocycles. The first-order chi connectivity index (χ1) is 9.84. The fourth-order valence-corrected chi connectivity index (χ4v) is 2.59. The molecule has 0 amide bonds. The summed E-state index contributed by atoms with van der Waals surface area (Å²) >= 11 is 6.36. The number of rotatable bonds is 6. The van der Waals surface area contributed by atoms with Crippen LogP contribution in [0.25, 0.3) is 10.9 Å². The Morgan fingerprint density at radius 3 is 2.95 bits per heavy atom. The van der Waals surface area contributed by atoms with Crippen LogP contribution in [0, 0.1) is 0 Å².